The maximum Gasteiger partial charge on any atom is 0.339 e. The van der Waals surface area contributed by atoms with Gasteiger partial charge in [-0.3, -0.25) is 0 Å². The molecule has 140 valence electrons. The van der Waals surface area contributed by atoms with Gasteiger partial charge in [0.2, 0.25) is 0 Å². The first-order valence-corrected chi connectivity index (χ1v) is 9.03. The molecule has 9 heteroatoms. The second kappa shape index (κ2) is 7.56. The third kappa shape index (κ3) is 3.53. The van der Waals surface area contributed by atoms with E-state index < -0.39 is 0 Å². The van der Waals surface area contributed by atoms with Crippen molar-refractivity contribution in [1.29, 1.82) is 0 Å². The van der Waals surface area contributed by atoms with Crippen molar-refractivity contribution in [2.75, 3.05) is 42.6 Å². The summed E-state index contributed by atoms with van der Waals surface area (Å²) in [5, 5.41) is 0. The Morgan fingerprint density at radius 3 is 2.78 bits per heavy atom. The summed E-state index contributed by atoms with van der Waals surface area (Å²) in [5.74, 6) is 1.40. The molecule has 0 atom stereocenters. The van der Waals surface area contributed by atoms with Gasteiger partial charge in [-0.05, 0) is 25.5 Å². The van der Waals surface area contributed by atoms with Gasteiger partial charge >= 0.3 is 5.97 Å². The van der Waals surface area contributed by atoms with Crippen molar-refractivity contribution in [1.82, 2.24) is 24.9 Å². The SMILES string of the molecule is CCOC(=O)c1ccc(N2CCCN(c3ncnc4nc[nH]c34)CC2)nc1. The van der Waals surface area contributed by atoms with E-state index in [1.54, 1.807) is 31.8 Å². The minimum Gasteiger partial charge on any atom is -0.462 e. The first-order valence-electron chi connectivity index (χ1n) is 9.03. The van der Waals surface area contributed by atoms with Crippen molar-refractivity contribution < 1.29 is 9.53 Å². The molecule has 1 fully saturated rings. The average molecular weight is 367 g/mol. The van der Waals surface area contributed by atoms with E-state index in [-0.39, 0.29) is 5.97 Å². The van der Waals surface area contributed by atoms with Crippen LogP contribution in [0.5, 0.6) is 0 Å². The van der Waals surface area contributed by atoms with Crippen molar-refractivity contribution >= 4 is 28.8 Å². The van der Waals surface area contributed by atoms with E-state index in [2.05, 4.69) is 34.7 Å². The van der Waals surface area contributed by atoms with Crippen molar-refractivity contribution in [2.24, 2.45) is 0 Å². The number of anilines is 2. The summed E-state index contributed by atoms with van der Waals surface area (Å²) < 4.78 is 5.01. The molecule has 1 saturated heterocycles. The highest BCUT2D eigenvalue weighted by Gasteiger charge is 2.20. The molecule has 0 aromatic carbocycles. The Kier molecular flexibility index (Phi) is 4.82. The molecular weight excluding hydrogens is 346 g/mol. The lowest BCUT2D eigenvalue weighted by Crippen LogP contribution is -2.31. The van der Waals surface area contributed by atoms with Crippen LogP contribution in [0.1, 0.15) is 23.7 Å². The number of imidazole rings is 1. The highest BCUT2D eigenvalue weighted by molar-refractivity contribution is 5.89. The Bertz CT molecular complexity index is 925. The standard InChI is InChI=1S/C18H21N7O2/c1-2-27-18(26)13-4-5-14(19-10-13)24-6-3-7-25(9-8-24)17-15-16(21-11-20-15)22-12-23-17/h4-5,10-12H,2-3,6-9H2,1H3,(H,20,21,22,23). The van der Waals surface area contributed by atoms with Crippen LogP contribution in [0.2, 0.25) is 0 Å². The molecular formula is C18H21N7O2. The van der Waals surface area contributed by atoms with E-state index in [0.717, 1.165) is 49.8 Å². The van der Waals surface area contributed by atoms with Crippen molar-refractivity contribution in [2.45, 2.75) is 13.3 Å². The molecule has 1 aliphatic heterocycles. The second-order valence-electron chi connectivity index (χ2n) is 6.25. The Balaban J connectivity index is 1.47. The summed E-state index contributed by atoms with van der Waals surface area (Å²) in [6, 6.07) is 3.64. The van der Waals surface area contributed by atoms with E-state index >= 15 is 0 Å². The first kappa shape index (κ1) is 17.2. The second-order valence-corrected chi connectivity index (χ2v) is 6.25. The smallest absolute Gasteiger partial charge is 0.339 e. The van der Waals surface area contributed by atoms with Crippen molar-refractivity contribution in [3.05, 3.63) is 36.5 Å². The molecule has 0 aliphatic carbocycles. The fourth-order valence-electron chi connectivity index (χ4n) is 3.26. The summed E-state index contributed by atoms with van der Waals surface area (Å²) in [5.41, 5.74) is 2.01. The lowest BCUT2D eigenvalue weighted by atomic mass is 10.2. The van der Waals surface area contributed by atoms with Crippen LogP contribution in [0.4, 0.5) is 11.6 Å². The number of carbonyl (C=O) groups excluding carboxylic acids is 1. The summed E-state index contributed by atoms with van der Waals surface area (Å²) in [6.07, 6.45) is 5.74. The normalized spacial score (nSPS) is 15.0. The molecule has 0 unspecified atom stereocenters. The average Bonchev–Trinajstić information content (AvgIpc) is 3.05. The molecule has 0 spiro atoms. The molecule has 0 bridgehead atoms. The van der Waals surface area contributed by atoms with Gasteiger partial charge in [0.15, 0.2) is 11.5 Å². The maximum absolute atomic E-state index is 11.8. The van der Waals surface area contributed by atoms with E-state index in [1.807, 2.05) is 6.07 Å². The number of hydrogen-bond donors (Lipinski definition) is 1. The lowest BCUT2D eigenvalue weighted by molar-refractivity contribution is 0.0526. The predicted octanol–water partition coefficient (Wildman–Crippen LogP) is 1.64. The maximum atomic E-state index is 11.8. The molecule has 9 nitrogen and oxygen atoms in total. The number of carbonyl (C=O) groups is 1. The summed E-state index contributed by atoms with van der Waals surface area (Å²) >= 11 is 0. The van der Waals surface area contributed by atoms with Crippen molar-refractivity contribution in [3.63, 3.8) is 0 Å². The topological polar surface area (TPSA) is 100 Å². The van der Waals surface area contributed by atoms with Crippen LogP contribution in [-0.2, 0) is 4.74 Å². The third-order valence-electron chi connectivity index (χ3n) is 4.58. The van der Waals surface area contributed by atoms with Gasteiger partial charge in [0.05, 0.1) is 18.5 Å². The van der Waals surface area contributed by atoms with Crippen LogP contribution in [0.3, 0.4) is 0 Å². The number of ether oxygens (including phenoxy) is 1. The van der Waals surface area contributed by atoms with E-state index in [9.17, 15) is 4.79 Å². The summed E-state index contributed by atoms with van der Waals surface area (Å²) in [4.78, 5) is 36.6. The third-order valence-corrected chi connectivity index (χ3v) is 4.58. The monoisotopic (exact) mass is 367 g/mol. The number of aromatic nitrogens is 5. The zero-order valence-electron chi connectivity index (χ0n) is 15.1. The van der Waals surface area contributed by atoms with Gasteiger partial charge in [-0.15, -0.1) is 0 Å². The van der Waals surface area contributed by atoms with Gasteiger partial charge in [-0.1, -0.05) is 0 Å². The number of H-pyrrole nitrogens is 1. The van der Waals surface area contributed by atoms with E-state index in [0.29, 0.717) is 17.8 Å². The number of esters is 1. The number of pyridine rings is 1. The molecule has 1 aliphatic rings. The summed E-state index contributed by atoms with van der Waals surface area (Å²) in [7, 11) is 0. The molecule has 4 rings (SSSR count). The fourth-order valence-corrected chi connectivity index (χ4v) is 3.26. The Hall–Kier alpha value is -3.23. The van der Waals surface area contributed by atoms with Gasteiger partial charge in [0.25, 0.3) is 0 Å². The Morgan fingerprint density at radius 1 is 1.11 bits per heavy atom. The van der Waals surface area contributed by atoms with Crippen LogP contribution in [0.25, 0.3) is 11.2 Å². The molecule has 3 aromatic heterocycles. The fraction of sp³-hybridized carbons (Fsp3) is 0.389. The zero-order valence-corrected chi connectivity index (χ0v) is 15.1. The van der Waals surface area contributed by atoms with Crippen LogP contribution in [0, 0.1) is 0 Å². The number of nitrogens with zero attached hydrogens (tertiary/aromatic N) is 6. The predicted molar refractivity (Wildman–Crippen MR) is 101 cm³/mol. The molecule has 0 amide bonds. The van der Waals surface area contributed by atoms with E-state index in [1.165, 1.54) is 0 Å². The van der Waals surface area contributed by atoms with Crippen LogP contribution in [-0.4, -0.2) is 63.7 Å². The van der Waals surface area contributed by atoms with Crippen LogP contribution >= 0.6 is 0 Å². The van der Waals surface area contributed by atoms with Gasteiger partial charge < -0.3 is 19.5 Å². The molecule has 1 N–H and O–H groups in total. The quantitative estimate of drug-likeness (QED) is 0.695. The number of rotatable bonds is 4. The number of hydrogen-bond acceptors (Lipinski definition) is 8. The van der Waals surface area contributed by atoms with Gasteiger partial charge in [-0.2, -0.15) is 0 Å². The molecule has 27 heavy (non-hydrogen) atoms. The van der Waals surface area contributed by atoms with Gasteiger partial charge in [0, 0.05) is 32.4 Å². The molecule has 0 radical (unpaired) electrons. The van der Waals surface area contributed by atoms with Crippen LogP contribution in [0.15, 0.2) is 31.0 Å². The molecule has 4 heterocycles. The first-order chi connectivity index (χ1) is 13.3. The van der Waals surface area contributed by atoms with Crippen LogP contribution < -0.4 is 9.80 Å². The largest absolute Gasteiger partial charge is 0.462 e. The zero-order chi connectivity index (χ0) is 18.6. The minimum absolute atomic E-state index is 0.342. The molecule has 0 saturated carbocycles. The van der Waals surface area contributed by atoms with Gasteiger partial charge in [0.1, 0.15) is 17.7 Å². The Labute approximate surface area is 156 Å². The number of fused-ring (bicyclic) bond motifs is 1. The number of nitrogens with one attached hydrogen (secondary N) is 1. The van der Waals surface area contributed by atoms with Crippen molar-refractivity contribution in [3.8, 4) is 0 Å². The highest BCUT2D eigenvalue weighted by Crippen LogP contribution is 2.22. The highest BCUT2D eigenvalue weighted by atomic mass is 16.5. The summed E-state index contributed by atoms with van der Waals surface area (Å²) in [6.45, 7) is 5.55. The molecule has 3 aromatic rings. The number of aromatic amines is 1. The Morgan fingerprint density at radius 2 is 1.96 bits per heavy atom. The lowest BCUT2D eigenvalue weighted by Gasteiger charge is -2.23. The minimum atomic E-state index is -0.342. The van der Waals surface area contributed by atoms with E-state index in [4.69, 9.17) is 4.74 Å². The van der Waals surface area contributed by atoms with Gasteiger partial charge in [-0.25, -0.2) is 24.7 Å².